The number of nitrogens with one attached hydrogen (secondary N) is 1. The fraction of sp³-hybridized carbons (Fsp3) is 0.714. The van der Waals surface area contributed by atoms with Crippen LogP contribution in [0.15, 0.2) is 6.07 Å². The SMILES string of the molecule is CC1CCCC(CNC(C)c2cc(Cl)sc2Cl)C1. The van der Waals surface area contributed by atoms with Crippen molar-refractivity contribution in [3.63, 3.8) is 0 Å². The second-order valence-corrected chi connectivity index (χ2v) is 7.83. The molecule has 1 aliphatic rings. The van der Waals surface area contributed by atoms with Crippen LogP contribution in [-0.2, 0) is 0 Å². The Labute approximate surface area is 124 Å². The van der Waals surface area contributed by atoms with Crippen molar-refractivity contribution in [3.05, 3.63) is 20.3 Å². The molecule has 0 radical (unpaired) electrons. The summed E-state index contributed by atoms with van der Waals surface area (Å²) in [6.45, 7) is 5.62. The maximum atomic E-state index is 6.18. The summed E-state index contributed by atoms with van der Waals surface area (Å²) in [6, 6.07) is 2.27. The molecule has 1 nitrogen and oxygen atoms in total. The van der Waals surface area contributed by atoms with Gasteiger partial charge in [0.15, 0.2) is 0 Å². The quantitative estimate of drug-likeness (QED) is 0.771. The van der Waals surface area contributed by atoms with Crippen LogP contribution in [0.25, 0.3) is 0 Å². The first-order valence-electron chi connectivity index (χ1n) is 6.74. The Hall–Kier alpha value is 0.240. The van der Waals surface area contributed by atoms with Crippen molar-refractivity contribution in [2.24, 2.45) is 11.8 Å². The molecule has 3 atom stereocenters. The van der Waals surface area contributed by atoms with Gasteiger partial charge in [-0.3, -0.25) is 0 Å². The van der Waals surface area contributed by atoms with Crippen molar-refractivity contribution in [1.29, 1.82) is 0 Å². The molecular weight excluding hydrogens is 285 g/mol. The third kappa shape index (κ3) is 3.86. The van der Waals surface area contributed by atoms with Gasteiger partial charge in [-0.1, -0.05) is 43.0 Å². The van der Waals surface area contributed by atoms with Crippen molar-refractivity contribution < 1.29 is 0 Å². The van der Waals surface area contributed by atoms with Crippen LogP contribution < -0.4 is 5.32 Å². The molecule has 0 saturated heterocycles. The van der Waals surface area contributed by atoms with Crippen LogP contribution in [0.3, 0.4) is 0 Å². The third-order valence-electron chi connectivity index (χ3n) is 3.91. The lowest BCUT2D eigenvalue weighted by molar-refractivity contribution is 0.269. The average Bonchev–Trinajstić information content (AvgIpc) is 2.66. The van der Waals surface area contributed by atoms with E-state index in [9.17, 15) is 0 Å². The van der Waals surface area contributed by atoms with E-state index in [1.807, 2.05) is 6.07 Å². The van der Waals surface area contributed by atoms with Gasteiger partial charge in [0.05, 0.1) is 8.67 Å². The fourth-order valence-corrected chi connectivity index (χ4v) is 4.49. The van der Waals surface area contributed by atoms with Gasteiger partial charge in [0.25, 0.3) is 0 Å². The number of hydrogen-bond acceptors (Lipinski definition) is 2. The molecule has 2 rings (SSSR count). The van der Waals surface area contributed by atoms with Gasteiger partial charge >= 0.3 is 0 Å². The smallest absolute Gasteiger partial charge is 0.0991 e. The van der Waals surface area contributed by atoms with E-state index >= 15 is 0 Å². The monoisotopic (exact) mass is 305 g/mol. The molecular formula is C14H21Cl2NS. The minimum Gasteiger partial charge on any atom is -0.310 e. The van der Waals surface area contributed by atoms with E-state index in [4.69, 9.17) is 23.2 Å². The average molecular weight is 306 g/mol. The Balaban J connectivity index is 1.84. The highest BCUT2D eigenvalue weighted by molar-refractivity contribution is 7.20. The van der Waals surface area contributed by atoms with Gasteiger partial charge in [-0.15, -0.1) is 11.3 Å². The Morgan fingerprint density at radius 1 is 1.44 bits per heavy atom. The zero-order chi connectivity index (χ0) is 13.1. The largest absolute Gasteiger partial charge is 0.310 e. The van der Waals surface area contributed by atoms with Crippen molar-refractivity contribution in [2.45, 2.75) is 45.6 Å². The van der Waals surface area contributed by atoms with Crippen LogP contribution in [0.2, 0.25) is 8.67 Å². The van der Waals surface area contributed by atoms with Crippen LogP contribution in [0.1, 0.15) is 51.1 Å². The van der Waals surface area contributed by atoms with Gasteiger partial charge in [-0.25, -0.2) is 0 Å². The number of thiophene rings is 1. The summed E-state index contributed by atoms with van der Waals surface area (Å²) in [5.41, 5.74) is 1.13. The Bertz CT molecular complexity index is 391. The van der Waals surface area contributed by atoms with Crippen LogP contribution in [-0.4, -0.2) is 6.54 Å². The highest BCUT2D eigenvalue weighted by Gasteiger charge is 2.20. The van der Waals surface area contributed by atoms with E-state index in [-0.39, 0.29) is 0 Å². The lowest BCUT2D eigenvalue weighted by atomic mass is 9.82. The van der Waals surface area contributed by atoms with Crippen molar-refractivity contribution >= 4 is 34.5 Å². The van der Waals surface area contributed by atoms with E-state index in [2.05, 4.69) is 19.2 Å². The summed E-state index contributed by atoms with van der Waals surface area (Å²) in [7, 11) is 0. The van der Waals surface area contributed by atoms with Crippen LogP contribution in [0, 0.1) is 11.8 Å². The molecule has 0 spiro atoms. The van der Waals surface area contributed by atoms with Crippen LogP contribution in [0.5, 0.6) is 0 Å². The van der Waals surface area contributed by atoms with E-state index in [0.29, 0.717) is 6.04 Å². The summed E-state index contributed by atoms with van der Waals surface area (Å²) >= 11 is 13.6. The second kappa shape index (κ2) is 6.60. The van der Waals surface area contributed by atoms with E-state index in [1.165, 1.54) is 37.0 Å². The third-order valence-corrected chi connectivity index (χ3v) is 5.43. The van der Waals surface area contributed by atoms with Gasteiger partial charge in [-0.05, 0) is 49.8 Å². The zero-order valence-corrected chi connectivity index (χ0v) is 13.3. The van der Waals surface area contributed by atoms with Gasteiger partial charge in [0, 0.05) is 6.04 Å². The van der Waals surface area contributed by atoms with E-state index < -0.39 is 0 Å². The molecule has 3 unspecified atom stereocenters. The van der Waals surface area contributed by atoms with E-state index in [1.54, 1.807) is 0 Å². The fourth-order valence-electron chi connectivity index (χ4n) is 2.85. The topological polar surface area (TPSA) is 12.0 Å². The molecule has 1 fully saturated rings. The maximum Gasteiger partial charge on any atom is 0.0991 e. The Morgan fingerprint density at radius 2 is 2.22 bits per heavy atom. The normalized spacial score (nSPS) is 26.2. The standard InChI is InChI=1S/C14H21Cl2NS/c1-9-4-3-5-11(6-9)8-17-10(2)12-7-13(15)18-14(12)16/h7,9-11,17H,3-6,8H2,1-2H3. The van der Waals surface area contributed by atoms with Crippen LogP contribution in [0.4, 0.5) is 0 Å². The number of hydrogen-bond donors (Lipinski definition) is 1. The van der Waals surface area contributed by atoms with Crippen LogP contribution >= 0.6 is 34.5 Å². The number of halogens is 2. The first-order valence-corrected chi connectivity index (χ1v) is 8.31. The molecule has 1 aromatic rings. The molecule has 0 amide bonds. The molecule has 4 heteroatoms. The summed E-state index contributed by atoms with van der Waals surface area (Å²) in [5, 5.41) is 3.61. The molecule has 102 valence electrons. The van der Waals surface area contributed by atoms with Gasteiger partial charge < -0.3 is 5.32 Å². The Morgan fingerprint density at radius 3 is 2.83 bits per heavy atom. The molecule has 0 bridgehead atoms. The first kappa shape index (κ1) is 14.6. The lowest BCUT2D eigenvalue weighted by Gasteiger charge is -2.28. The lowest BCUT2D eigenvalue weighted by Crippen LogP contribution is -2.28. The summed E-state index contributed by atoms with van der Waals surface area (Å²) in [4.78, 5) is 0. The highest BCUT2D eigenvalue weighted by atomic mass is 35.5. The zero-order valence-electron chi connectivity index (χ0n) is 11.0. The number of rotatable bonds is 4. The van der Waals surface area contributed by atoms with Gasteiger partial charge in [-0.2, -0.15) is 0 Å². The molecule has 1 aliphatic carbocycles. The summed E-state index contributed by atoms with van der Waals surface area (Å²) < 4.78 is 1.59. The van der Waals surface area contributed by atoms with Crippen molar-refractivity contribution in [1.82, 2.24) is 5.32 Å². The molecule has 1 saturated carbocycles. The highest BCUT2D eigenvalue weighted by Crippen LogP contribution is 2.35. The first-order chi connectivity index (χ1) is 8.56. The predicted octanol–water partition coefficient (Wildman–Crippen LogP) is 5.53. The minimum absolute atomic E-state index is 0.290. The van der Waals surface area contributed by atoms with Gasteiger partial charge in [0.1, 0.15) is 0 Å². The molecule has 1 N–H and O–H groups in total. The molecule has 1 heterocycles. The molecule has 1 aromatic heterocycles. The minimum atomic E-state index is 0.290. The van der Waals surface area contributed by atoms with Gasteiger partial charge in [0.2, 0.25) is 0 Å². The predicted molar refractivity (Wildman–Crippen MR) is 81.9 cm³/mol. The maximum absolute atomic E-state index is 6.18. The Kier molecular flexibility index (Phi) is 5.37. The molecule has 18 heavy (non-hydrogen) atoms. The molecule has 0 aromatic carbocycles. The van der Waals surface area contributed by atoms with E-state index in [0.717, 1.165) is 32.6 Å². The molecule has 0 aliphatic heterocycles. The van der Waals surface area contributed by atoms with Crippen molar-refractivity contribution in [3.8, 4) is 0 Å². The van der Waals surface area contributed by atoms with Crippen molar-refractivity contribution in [2.75, 3.05) is 6.54 Å². The summed E-state index contributed by atoms with van der Waals surface area (Å²) in [5.74, 6) is 1.71. The second-order valence-electron chi connectivity index (χ2n) is 5.55. The summed E-state index contributed by atoms with van der Waals surface area (Å²) in [6.07, 6.45) is 5.50.